The number of anilines is 3. The van der Waals surface area contributed by atoms with Crippen molar-refractivity contribution in [3.8, 4) is 5.69 Å². The summed E-state index contributed by atoms with van der Waals surface area (Å²) in [5.74, 6) is 0. The number of hydrogen-bond donors (Lipinski definition) is 2. The Labute approximate surface area is 206 Å². The maximum Gasteiger partial charge on any atom is 0.337 e. The van der Waals surface area contributed by atoms with Crippen LogP contribution in [-0.2, 0) is 17.1 Å². The minimum absolute atomic E-state index is 0.112. The van der Waals surface area contributed by atoms with Crippen molar-refractivity contribution in [3.63, 3.8) is 0 Å². The molecular formula is C25H25N5O5S. The Morgan fingerprint density at radius 3 is 2.28 bits per heavy atom. The molecule has 0 atom stereocenters. The lowest BCUT2D eigenvalue weighted by Gasteiger charge is -2.19. The van der Waals surface area contributed by atoms with E-state index in [0.29, 0.717) is 24.2 Å². The van der Waals surface area contributed by atoms with Gasteiger partial charge < -0.3 is 5.32 Å². The average Bonchev–Trinajstić information content (AvgIpc) is 3.63. The number of nitrogens with zero attached hydrogens (tertiary/aromatic N) is 3. The van der Waals surface area contributed by atoms with Crippen LogP contribution < -0.4 is 26.8 Å². The van der Waals surface area contributed by atoms with Gasteiger partial charge in [-0.2, -0.15) is 0 Å². The first kappa shape index (κ1) is 23.6. The van der Waals surface area contributed by atoms with Crippen LogP contribution in [-0.4, -0.2) is 28.4 Å². The molecule has 0 radical (unpaired) electrons. The van der Waals surface area contributed by atoms with Crippen LogP contribution in [0.3, 0.4) is 0 Å². The molecule has 1 fully saturated rings. The Kier molecular flexibility index (Phi) is 5.59. The topological polar surface area (TPSA) is 124 Å². The number of sulfonamides is 1. The molecule has 5 rings (SSSR count). The number of pyridine rings is 1. The van der Waals surface area contributed by atoms with E-state index in [0.717, 1.165) is 11.8 Å². The average molecular weight is 508 g/mol. The molecule has 1 saturated carbocycles. The molecule has 0 unspecified atom stereocenters. The van der Waals surface area contributed by atoms with E-state index in [-0.39, 0.29) is 28.5 Å². The van der Waals surface area contributed by atoms with Gasteiger partial charge in [-0.3, -0.25) is 23.4 Å². The fourth-order valence-electron chi connectivity index (χ4n) is 4.26. The third-order valence-corrected chi connectivity index (χ3v) is 6.71. The zero-order valence-electron chi connectivity index (χ0n) is 20.0. The van der Waals surface area contributed by atoms with Gasteiger partial charge in [-0.25, -0.2) is 17.8 Å². The first-order valence-electron chi connectivity index (χ1n) is 11.4. The molecule has 2 aromatic carbocycles. The molecule has 2 heterocycles. The van der Waals surface area contributed by atoms with E-state index < -0.39 is 26.8 Å². The van der Waals surface area contributed by atoms with Gasteiger partial charge in [0.2, 0.25) is 10.0 Å². The molecule has 36 heavy (non-hydrogen) atoms. The van der Waals surface area contributed by atoms with Gasteiger partial charge in [0.15, 0.2) is 0 Å². The lowest BCUT2D eigenvalue weighted by molar-refractivity contribution is 0.607. The highest BCUT2D eigenvalue weighted by molar-refractivity contribution is 7.92. The molecule has 11 heteroatoms. The summed E-state index contributed by atoms with van der Waals surface area (Å²) < 4.78 is 29.7. The van der Waals surface area contributed by atoms with E-state index in [4.69, 9.17) is 0 Å². The van der Waals surface area contributed by atoms with Crippen molar-refractivity contribution in [2.75, 3.05) is 16.3 Å². The Balaban J connectivity index is 1.85. The molecule has 1 aliphatic rings. The van der Waals surface area contributed by atoms with Crippen LogP contribution in [0.1, 0.15) is 24.4 Å². The van der Waals surface area contributed by atoms with E-state index in [2.05, 4.69) is 10.0 Å². The summed E-state index contributed by atoms with van der Waals surface area (Å²) >= 11 is 0. The van der Waals surface area contributed by atoms with Gasteiger partial charge in [-0.1, -0.05) is 23.8 Å². The number of rotatable bonds is 6. The first-order valence-corrected chi connectivity index (χ1v) is 13.3. The largest absolute Gasteiger partial charge is 0.355 e. The summed E-state index contributed by atoms with van der Waals surface area (Å²) in [6, 6.07) is 14.9. The van der Waals surface area contributed by atoms with Gasteiger partial charge in [-0.05, 0) is 50.1 Å². The molecule has 0 bridgehead atoms. The van der Waals surface area contributed by atoms with Gasteiger partial charge in [0.1, 0.15) is 11.0 Å². The zero-order chi connectivity index (χ0) is 25.8. The predicted molar refractivity (Wildman–Crippen MR) is 140 cm³/mol. The first-order chi connectivity index (χ1) is 17.0. The number of nitrogens with one attached hydrogen (secondary N) is 2. The molecular weight excluding hydrogens is 482 g/mol. The normalized spacial score (nSPS) is 13.6. The lowest BCUT2D eigenvalue weighted by atomic mass is 10.2. The van der Waals surface area contributed by atoms with E-state index >= 15 is 0 Å². The summed E-state index contributed by atoms with van der Waals surface area (Å²) in [4.78, 5) is 40.4. The number of hydrogen-bond acceptors (Lipinski definition) is 6. The standard InChI is InChI=1S/C25H25N5O5S/c1-15-7-9-16(10-8-15)26-20-14-21(31)28(2)23-22(20)24(32)30(18-11-12-18)25(33)29(23)19-6-4-5-17(13-19)27-36(3,34)35/h4-10,13-14,18,26-27H,11-12H2,1-3H3. The maximum absolute atomic E-state index is 13.7. The molecule has 2 N–H and O–H groups in total. The van der Waals surface area contributed by atoms with E-state index in [1.165, 1.54) is 32.9 Å². The molecule has 4 aromatic rings. The summed E-state index contributed by atoms with van der Waals surface area (Å²) in [5, 5.41) is 3.36. The van der Waals surface area contributed by atoms with Gasteiger partial charge in [-0.15, -0.1) is 0 Å². The van der Waals surface area contributed by atoms with E-state index in [9.17, 15) is 22.8 Å². The van der Waals surface area contributed by atoms with Crippen molar-refractivity contribution >= 4 is 38.1 Å². The molecule has 1 aliphatic carbocycles. The summed E-state index contributed by atoms with van der Waals surface area (Å²) in [5.41, 5.74) is 1.22. The van der Waals surface area contributed by atoms with Crippen LogP contribution in [0.15, 0.2) is 69.0 Å². The minimum atomic E-state index is -3.56. The molecule has 186 valence electrons. The van der Waals surface area contributed by atoms with Crippen LogP contribution >= 0.6 is 0 Å². The van der Waals surface area contributed by atoms with Crippen LogP contribution in [0.2, 0.25) is 0 Å². The van der Waals surface area contributed by atoms with Crippen LogP contribution in [0.25, 0.3) is 16.7 Å². The second-order valence-corrected chi connectivity index (χ2v) is 10.8. The van der Waals surface area contributed by atoms with Crippen LogP contribution in [0, 0.1) is 6.92 Å². The molecule has 0 amide bonds. The van der Waals surface area contributed by atoms with Crippen molar-refractivity contribution in [1.29, 1.82) is 0 Å². The fraction of sp³-hybridized carbons (Fsp3) is 0.240. The Morgan fingerprint density at radius 2 is 1.64 bits per heavy atom. The zero-order valence-corrected chi connectivity index (χ0v) is 20.8. The van der Waals surface area contributed by atoms with Crippen molar-refractivity contribution in [2.45, 2.75) is 25.8 Å². The highest BCUT2D eigenvalue weighted by atomic mass is 32.2. The number of aryl methyl sites for hydroxylation is 2. The van der Waals surface area contributed by atoms with Crippen molar-refractivity contribution in [3.05, 3.63) is 91.4 Å². The van der Waals surface area contributed by atoms with E-state index in [1.54, 1.807) is 18.2 Å². The van der Waals surface area contributed by atoms with Gasteiger partial charge in [0, 0.05) is 24.8 Å². The molecule has 10 nitrogen and oxygen atoms in total. The fourth-order valence-corrected chi connectivity index (χ4v) is 4.82. The molecule has 0 spiro atoms. The Morgan fingerprint density at radius 1 is 0.944 bits per heavy atom. The number of fused-ring (bicyclic) bond motifs is 1. The van der Waals surface area contributed by atoms with E-state index in [1.807, 2.05) is 31.2 Å². The quantitative estimate of drug-likeness (QED) is 0.413. The van der Waals surface area contributed by atoms with Gasteiger partial charge in [0.05, 0.1) is 23.3 Å². The lowest BCUT2D eigenvalue weighted by Crippen LogP contribution is -2.41. The van der Waals surface area contributed by atoms with Crippen LogP contribution in [0.5, 0.6) is 0 Å². The number of benzene rings is 2. The van der Waals surface area contributed by atoms with Crippen molar-refractivity contribution in [2.24, 2.45) is 7.05 Å². The summed E-state index contributed by atoms with van der Waals surface area (Å²) in [6.45, 7) is 1.96. The summed E-state index contributed by atoms with van der Waals surface area (Å²) in [7, 11) is -2.07. The molecule has 0 aliphatic heterocycles. The van der Waals surface area contributed by atoms with Gasteiger partial charge in [0.25, 0.3) is 11.1 Å². The van der Waals surface area contributed by atoms with Crippen LogP contribution in [0.4, 0.5) is 17.1 Å². The third kappa shape index (κ3) is 4.33. The highest BCUT2D eigenvalue weighted by Crippen LogP contribution is 2.33. The smallest absolute Gasteiger partial charge is 0.337 e. The summed E-state index contributed by atoms with van der Waals surface area (Å²) in [6.07, 6.45) is 2.42. The number of aromatic nitrogens is 3. The Hall–Kier alpha value is -4.12. The molecule has 2 aromatic heterocycles. The second-order valence-electron chi connectivity index (χ2n) is 9.09. The third-order valence-electron chi connectivity index (χ3n) is 6.10. The monoisotopic (exact) mass is 507 g/mol. The predicted octanol–water partition coefficient (Wildman–Crippen LogP) is 2.61. The minimum Gasteiger partial charge on any atom is -0.355 e. The second kappa shape index (κ2) is 8.52. The van der Waals surface area contributed by atoms with Crippen molar-refractivity contribution < 1.29 is 8.42 Å². The molecule has 0 saturated heterocycles. The van der Waals surface area contributed by atoms with Crippen molar-refractivity contribution in [1.82, 2.24) is 13.7 Å². The SMILES string of the molecule is Cc1ccc(Nc2cc(=O)n(C)c3c2c(=O)n(C2CC2)c(=O)n3-c2cccc(NS(C)(=O)=O)c2)cc1. The Bertz CT molecular complexity index is 1800. The van der Waals surface area contributed by atoms with Gasteiger partial charge >= 0.3 is 5.69 Å². The highest BCUT2D eigenvalue weighted by Gasteiger charge is 2.31. The maximum atomic E-state index is 13.7.